The highest BCUT2D eigenvalue weighted by molar-refractivity contribution is 5.70. The molecule has 2 aromatic carbocycles. The molecular formula is C30H34FNO4. The zero-order chi connectivity index (χ0) is 25.9. The van der Waals surface area contributed by atoms with Gasteiger partial charge in [-0.15, -0.1) is 0 Å². The van der Waals surface area contributed by atoms with Gasteiger partial charge in [-0.05, 0) is 70.9 Å². The summed E-state index contributed by atoms with van der Waals surface area (Å²) in [7, 11) is 1.51. The SMILES string of the molecule is COc1cc(-c2ccc(OCc3cccc(C(CC(=O)O)C4CC4)c3)cc2CC(C)(C)C)c(F)cn1. The molecule has 1 unspecified atom stereocenters. The number of halogens is 1. The van der Waals surface area contributed by atoms with Crippen LogP contribution in [0.15, 0.2) is 54.7 Å². The molecule has 0 aliphatic heterocycles. The lowest BCUT2D eigenvalue weighted by molar-refractivity contribution is -0.137. The normalized spacial score (nSPS) is 14.4. The largest absolute Gasteiger partial charge is 0.489 e. The predicted octanol–water partition coefficient (Wildman–Crippen LogP) is 7.03. The van der Waals surface area contributed by atoms with Gasteiger partial charge in [-0.2, -0.15) is 0 Å². The van der Waals surface area contributed by atoms with E-state index >= 15 is 0 Å². The predicted molar refractivity (Wildman–Crippen MR) is 138 cm³/mol. The minimum absolute atomic E-state index is 0.0166. The smallest absolute Gasteiger partial charge is 0.303 e. The fourth-order valence-electron chi connectivity index (χ4n) is 4.70. The first-order chi connectivity index (χ1) is 17.1. The minimum Gasteiger partial charge on any atom is -0.489 e. The third-order valence-electron chi connectivity index (χ3n) is 6.50. The summed E-state index contributed by atoms with van der Waals surface area (Å²) >= 11 is 0. The third-order valence-corrected chi connectivity index (χ3v) is 6.50. The van der Waals surface area contributed by atoms with Crippen molar-refractivity contribution in [2.24, 2.45) is 11.3 Å². The second kappa shape index (κ2) is 10.7. The fourth-order valence-corrected chi connectivity index (χ4v) is 4.70. The average molecular weight is 492 g/mol. The number of carboxylic acids is 1. The monoisotopic (exact) mass is 491 g/mol. The minimum atomic E-state index is -0.761. The van der Waals surface area contributed by atoms with Crippen LogP contribution >= 0.6 is 0 Å². The maximum Gasteiger partial charge on any atom is 0.303 e. The topological polar surface area (TPSA) is 68.7 Å². The van der Waals surface area contributed by atoms with E-state index in [1.54, 1.807) is 6.07 Å². The third kappa shape index (κ3) is 6.62. The van der Waals surface area contributed by atoms with Crippen LogP contribution in [0.3, 0.4) is 0 Å². The van der Waals surface area contributed by atoms with E-state index in [-0.39, 0.29) is 17.8 Å². The van der Waals surface area contributed by atoms with E-state index in [9.17, 15) is 14.3 Å². The van der Waals surface area contributed by atoms with Crippen molar-refractivity contribution in [1.82, 2.24) is 4.98 Å². The van der Waals surface area contributed by atoms with Crippen LogP contribution in [0.1, 0.15) is 62.6 Å². The van der Waals surface area contributed by atoms with E-state index in [4.69, 9.17) is 9.47 Å². The molecule has 4 rings (SSSR count). The van der Waals surface area contributed by atoms with E-state index in [1.807, 2.05) is 36.4 Å². The molecule has 190 valence electrons. The first kappa shape index (κ1) is 25.7. The lowest BCUT2D eigenvalue weighted by atomic mass is 9.84. The van der Waals surface area contributed by atoms with Crippen molar-refractivity contribution in [2.75, 3.05) is 7.11 Å². The van der Waals surface area contributed by atoms with Crippen LogP contribution in [0, 0.1) is 17.2 Å². The van der Waals surface area contributed by atoms with Crippen molar-refractivity contribution in [3.63, 3.8) is 0 Å². The summed E-state index contributed by atoms with van der Waals surface area (Å²) in [6.45, 7) is 6.80. The van der Waals surface area contributed by atoms with Crippen molar-refractivity contribution in [1.29, 1.82) is 0 Å². The van der Waals surface area contributed by atoms with Gasteiger partial charge in [0.05, 0.1) is 19.7 Å². The lowest BCUT2D eigenvalue weighted by Crippen LogP contribution is -2.11. The second-order valence-corrected chi connectivity index (χ2v) is 10.8. The van der Waals surface area contributed by atoms with Gasteiger partial charge in [0.2, 0.25) is 5.88 Å². The molecule has 1 heterocycles. The highest BCUT2D eigenvalue weighted by atomic mass is 19.1. The molecule has 0 amide bonds. The maximum atomic E-state index is 14.7. The number of carbonyl (C=O) groups is 1. The van der Waals surface area contributed by atoms with E-state index in [1.165, 1.54) is 13.3 Å². The number of ether oxygens (including phenoxy) is 2. The summed E-state index contributed by atoms with van der Waals surface area (Å²) in [5.74, 6) is 0.408. The standard InChI is InChI=1S/C30H34FNO4/c1-30(2,3)16-22-13-23(10-11-24(22)26-14-28(35-4)32-17-27(26)31)36-18-19-6-5-7-21(12-19)25(15-29(33)34)20-8-9-20/h5-7,10-14,17,20,25H,8-9,15-16,18H2,1-4H3,(H,33,34). The molecule has 0 spiro atoms. The number of aromatic nitrogens is 1. The molecule has 0 bridgehead atoms. The molecule has 0 radical (unpaired) electrons. The Balaban J connectivity index is 1.57. The van der Waals surface area contributed by atoms with E-state index in [2.05, 4.69) is 31.8 Å². The Morgan fingerprint density at radius 2 is 1.92 bits per heavy atom. The molecule has 1 aliphatic rings. The summed E-state index contributed by atoms with van der Waals surface area (Å²) in [5.41, 5.74) is 4.26. The Labute approximate surface area is 212 Å². The van der Waals surface area contributed by atoms with Crippen molar-refractivity contribution >= 4 is 5.97 Å². The van der Waals surface area contributed by atoms with Crippen molar-refractivity contribution in [3.05, 3.63) is 77.2 Å². The van der Waals surface area contributed by atoms with Gasteiger partial charge in [-0.1, -0.05) is 51.1 Å². The summed E-state index contributed by atoms with van der Waals surface area (Å²) in [5, 5.41) is 9.34. The van der Waals surface area contributed by atoms with Crippen LogP contribution in [0.2, 0.25) is 0 Å². The van der Waals surface area contributed by atoms with Crippen LogP contribution in [0.25, 0.3) is 11.1 Å². The molecule has 1 saturated carbocycles. The summed E-state index contributed by atoms with van der Waals surface area (Å²) in [6.07, 6.45) is 4.25. The Hall–Kier alpha value is -3.41. The zero-order valence-corrected chi connectivity index (χ0v) is 21.4. The van der Waals surface area contributed by atoms with Gasteiger partial charge in [-0.25, -0.2) is 9.37 Å². The Morgan fingerprint density at radius 3 is 2.58 bits per heavy atom. The molecule has 5 nitrogen and oxygen atoms in total. The molecule has 1 atom stereocenters. The first-order valence-corrected chi connectivity index (χ1v) is 12.4. The van der Waals surface area contributed by atoms with Crippen LogP contribution in [-0.2, 0) is 17.8 Å². The molecule has 0 saturated heterocycles. The number of pyridine rings is 1. The van der Waals surface area contributed by atoms with Gasteiger partial charge in [0.25, 0.3) is 0 Å². The molecule has 6 heteroatoms. The zero-order valence-electron chi connectivity index (χ0n) is 21.4. The van der Waals surface area contributed by atoms with Crippen molar-refractivity contribution in [3.8, 4) is 22.8 Å². The maximum absolute atomic E-state index is 14.7. The second-order valence-electron chi connectivity index (χ2n) is 10.8. The summed E-state index contributed by atoms with van der Waals surface area (Å²) < 4.78 is 26.1. The number of benzene rings is 2. The molecule has 1 fully saturated rings. The van der Waals surface area contributed by atoms with Gasteiger partial charge in [0, 0.05) is 11.6 Å². The number of methoxy groups -OCH3 is 1. The average Bonchev–Trinajstić information content (AvgIpc) is 3.66. The van der Waals surface area contributed by atoms with Gasteiger partial charge in [-0.3, -0.25) is 4.79 Å². The molecule has 1 N–H and O–H groups in total. The number of hydrogen-bond acceptors (Lipinski definition) is 4. The highest BCUT2D eigenvalue weighted by Gasteiger charge is 2.33. The van der Waals surface area contributed by atoms with Gasteiger partial charge in [0.1, 0.15) is 18.2 Å². The Morgan fingerprint density at radius 1 is 1.14 bits per heavy atom. The van der Waals surface area contributed by atoms with Gasteiger partial charge in [0.15, 0.2) is 0 Å². The number of aliphatic carboxylic acids is 1. The Kier molecular flexibility index (Phi) is 7.62. The van der Waals surface area contributed by atoms with Crippen LogP contribution in [0.4, 0.5) is 4.39 Å². The van der Waals surface area contributed by atoms with E-state index in [0.717, 1.165) is 41.5 Å². The number of hydrogen-bond donors (Lipinski definition) is 1. The number of nitrogens with zero attached hydrogens (tertiary/aromatic N) is 1. The fraction of sp³-hybridized carbons (Fsp3) is 0.400. The lowest BCUT2D eigenvalue weighted by Gasteiger charge is -2.22. The van der Waals surface area contributed by atoms with Crippen LogP contribution < -0.4 is 9.47 Å². The van der Waals surface area contributed by atoms with Crippen molar-refractivity contribution in [2.45, 2.75) is 59.0 Å². The summed E-state index contributed by atoms with van der Waals surface area (Å²) in [6, 6.07) is 15.4. The van der Waals surface area contributed by atoms with E-state index in [0.29, 0.717) is 29.7 Å². The van der Waals surface area contributed by atoms with Crippen molar-refractivity contribution < 1.29 is 23.8 Å². The van der Waals surface area contributed by atoms with E-state index < -0.39 is 11.8 Å². The summed E-state index contributed by atoms with van der Waals surface area (Å²) in [4.78, 5) is 15.3. The highest BCUT2D eigenvalue weighted by Crippen LogP contribution is 2.44. The van der Waals surface area contributed by atoms with Crippen LogP contribution in [0.5, 0.6) is 11.6 Å². The van der Waals surface area contributed by atoms with Gasteiger partial charge < -0.3 is 14.6 Å². The molecule has 1 aromatic heterocycles. The Bertz CT molecular complexity index is 1230. The number of carboxylic acid groups (broad SMARTS) is 1. The quantitative estimate of drug-likeness (QED) is 0.330. The number of rotatable bonds is 10. The molecule has 3 aromatic rings. The van der Waals surface area contributed by atoms with Gasteiger partial charge >= 0.3 is 5.97 Å². The molecule has 1 aliphatic carbocycles. The molecular weight excluding hydrogens is 457 g/mol. The first-order valence-electron chi connectivity index (χ1n) is 12.4. The molecule has 36 heavy (non-hydrogen) atoms. The van der Waals surface area contributed by atoms with Crippen LogP contribution in [-0.4, -0.2) is 23.2 Å².